The monoisotopic (exact) mass is 471 g/mol. The van der Waals surface area contributed by atoms with Crippen LogP contribution in [0.2, 0.25) is 0 Å². The molecule has 0 aliphatic carbocycles. The van der Waals surface area contributed by atoms with Crippen LogP contribution in [0, 0.1) is 6.92 Å². The minimum atomic E-state index is -0.214. The highest BCUT2D eigenvalue weighted by molar-refractivity contribution is 5.94. The van der Waals surface area contributed by atoms with Crippen LogP contribution in [0.1, 0.15) is 16.2 Å². The van der Waals surface area contributed by atoms with Crippen LogP contribution in [-0.2, 0) is 0 Å². The summed E-state index contributed by atoms with van der Waals surface area (Å²) in [6.45, 7) is 2.27. The number of nitrogens with one attached hydrogen (secondary N) is 1. The standard InChI is InChI=1S/C24H21N7O4/c1-15-26-22(30-35-15)16-3-5-18(6-4-16)24(32)25-13-14-34-21-12-11-20-27-28-23(31(20)29-21)17-7-9-19(33-2)10-8-17/h3-12H,13-14H2,1-2H3,(H,25,32). The lowest BCUT2D eigenvalue weighted by Gasteiger charge is -2.08. The van der Waals surface area contributed by atoms with Crippen molar-refractivity contribution in [1.29, 1.82) is 0 Å². The largest absolute Gasteiger partial charge is 0.497 e. The van der Waals surface area contributed by atoms with Crippen molar-refractivity contribution >= 4 is 11.6 Å². The lowest BCUT2D eigenvalue weighted by Crippen LogP contribution is -2.28. The van der Waals surface area contributed by atoms with Gasteiger partial charge in [0.05, 0.1) is 13.7 Å². The predicted molar refractivity (Wildman–Crippen MR) is 125 cm³/mol. The van der Waals surface area contributed by atoms with Gasteiger partial charge >= 0.3 is 0 Å². The summed E-state index contributed by atoms with van der Waals surface area (Å²) >= 11 is 0. The van der Waals surface area contributed by atoms with Gasteiger partial charge in [-0.3, -0.25) is 4.79 Å². The van der Waals surface area contributed by atoms with Gasteiger partial charge in [-0.25, -0.2) is 0 Å². The summed E-state index contributed by atoms with van der Waals surface area (Å²) in [5.41, 5.74) is 2.72. The highest BCUT2D eigenvalue weighted by atomic mass is 16.5. The number of carbonyl (C=O) groups excluding carboxylic acids is 1. The number of methoxy groups -OCH3 is 1. The summed E-state index contributed by atoms with van der Waals surface area (Å²) in [4.78, 5) is 16.6. The Labute approximate surface area is 199 Å². The number of rotatable bonds is 8. The molecule has 0 atom stereocenters. The Kier molecular flexibility index (Phi) is 6.03. The number of fused-ring (bicyclic) bond motifs is 1. The molecule has 2 aromatic carbocycles. The van der Waals surface area contributed by atoms with Crippen molar-refractivity contribution in [2.45, 2.75) is 6.92 Å². The van der Waals surface area contributed by atoms with Crippen molar-refractivity contribution in [3.8, 4) is 34.4 Å². The normalized spacial score (nSPS) is 10.9. The number of amides is 1. The van der Waals surface area contributed by atoms with Gasteiger partial charge in [-0.2, -0.15) is 9.50 Å². The van der Waals surface area contributed by atoms with Crippen molar-refractivity contribution in [3.05, 3.63) is 72.1 Å². The van der Waals surface area contributed by atoms with Gasteiger partial charge in [-0.1, -0.05) is 17.3 Å². The third-order valence-corrected chi connectivity index (χ3v) is 5.16. The fourth-order valence-electron chi connectivity index (χ4n) is 3.38. The molecule has 176 valence electrons. The van der Waals surface area contributed by atoms with Gasteiger partial charge in [0, 0.05) is 29.7 Å². The fraction of sp³-hybridized carbons (Fsp3) is 0.167. The SMILES string of the molecule is COc1ccc(-c2nnc3ccc(OCCNC(=O)c4ccc(-c5noc(C)n5)cc4)nn23)cc1. The van der Waals surface area contributed by atoms with Crippen LogP contribution in [-0.4, -0.2) is 56.1 Å². The highest BCUT2D eigenvalue weighted by Gasteiger charge is 2.12. The van der Waals surface area contributed by atoms with Gasteiger partial charge in [-0.05, 0) is 42.5 Å². The van der Waals surface area contributed by atoms with E-state index in [1.807, 2.05) is 24.3 Å². The Morgan fingerprint density at radius 1 is 1.00 bits per heavy atom. The van der Waals surface area contributed by atoms with E-state index in [1.54, 1.807) is 54.9 Å². The average molecular weight is 471 g/mol. The zero-order chi connectivity index (χ0) is 24.2. The van der Waals surface area contributed by atoms with Gasteiger partial charge in [0.1, 0.15) is 12.4 Å². The first kappa shape index (κ1) is 22.0. The molecule has 0 radical (unpaired) electrons. The summed E-state index contributed by atoms with van der Waals surface area (Å²) in [5, 5.41) is 19.6. The number of aryl methyl sites for hydroxylation is 1. The maximum absolute atomic E-state index is 12.4. The smallest absolute Gasteiger partial charge is 0.251 e. The molecule has 0 bridgehead atoms. The van der Waals surface area contributed by atoms with E-state index in [0.29, 0.717) is 41.2 Å². The molecule has 35 heavy (non-hydrogen) atoms. The van der Waals surface area contributed by atoms with Crippen LogP contribution in [0.15, 0.2) is 65.2 Å². The summed E-state index contributed by atoms with van der Waals surface area (Å²) in [6.07, 6.45) is 0. The van der Waals surface area contributed by atoms with Gasteiger partial charge in [-0.15, -0.1) is 15.3 Å². The van der Waals surface area contributed by atoms with Gasteiger partial charge in [0.2, 0.25) is 17.6 Å². The molecule has 5 aromatic rings. The molecular formula is C24H21N7O4. The maximum Gasteiger partial charge on any atom is 0.251 e. The second kappa shape index (κ2) is 9.59. The van der Waals surface area contributed by atoms with Crippen molar-refractivity contribution in [2.24, 2.45) is 0 Å². The van der Waals surface area contributed by atoms with Crippen LogP contribution < -0.4 is 14.8 Å². The summed E-state index contributed by atoms with van der Waals surface area (Å²) < 4.78 is 17.5. The third-order valence-electron chi connectivity index (χ3n) is 5.16. The van der Waals surface area contributed by atoms with E-state index in [1.165, 1.54) is 0 Å². The minimum Gasteiger partial charge on any atom is -0.497 e. The Morgan fingerprint density at radius 2 is 1.77 bits per heavy atom. The number of aromatic nitrogens is 6. The van der Waals surface area contributed by atoms with Crippen molar-refractivity contribution in [3.63, 3.8) is 0 Å². The second-order valence-corrected chi connectivity index (χ2v) is 7.51. The lowest BCUT2D eigenvalue weighted by molar-refractivity contribution is 0.0946. The Hall–Kier alpha value is -4.80. The number of hydrogen-bond acceptors (Lipinski definition) is 9. The molecule has 0 fully saturated rings. The van der Waals surface area contributed by atoms with Gasteiger partial charge in [0.25, 0.3) is 5.91 Å². The molecule has 11 heteroatoms. The number of benzene rings is 2. The van der Waals surface area contributed by atoms with Crippen LogP contribution >= 0.6 is 0 Å². The summed E-state index contributed by atoms with van der Waals surface area (Å²) in [5.74, 6) is 2.47. The van der Waals surface area contributed by atoms with Crippen molar-refractivity contribution < 1.29 is 18.8 Å². The number of hydrogen-bond donors (Lipinski definition) is 1. The van der Waals surface area contributed by atoms with Crippen molar-refractivity contribution in [1.82, 2.24) is 35.3 Å². The molecule has 0 saturated carbocycles. The first-order valence-electron chi connectivity index (χ1n) is 10.8. The summed E-state index contributed by atoms with van der Waals surface area (Å²) in [6, 6.07) is 17.9. The third kappa shape index (κ3) is 4.78. The molecular weight excluding hydrogens is 450 g/mol. The topological polar surface area (TPSA) is 130 Å². The molecule has 0 saturated heterocycles. The van der Waals surface area contributed by atoms with Crippen LogP contribution in [0.5, 0.6) is 11.6 Å². The zero-order valence-corrected chi connectivity index (χ0v) is 19.0. The van der Waals surface area contributed by atoms with E-state index in [4.69, 9.17) is 14.0 Å². The van der Waals surface area contributed by atoms with E-state index >= 15 is 0 Å². The summed E-state index contributed by atoms with van der Waals surface area (Å²) in [7, 11) is 1.61. The molecule has 0 spiro atoms. The van der Waals surface area contributed by atoms with Gasteiger partial charge in [0.15, 0.2) is 11.5 Å². The molecule has 3 heterocycles. The lowest BCUT2D eigenvalue weighted by atomic mass is 10.1. The van der Waals surface area contributed by atoms with Crippen LogP contribution in [0.4, 0.5) is 0 Å². The van der Waals surface area contributed by atoms with Crippen LogP contribution in [0.25, 0.3) is 28.4 Å². The average Bonchev–Trinajstić information content (AvgIpc) is 3.52. The van der Waals surface area contributed by atoms with Gasteiger partial charge < -0.3 is 19.3 Å². The Bertz CT molecular complexity index is 1460. The first-order chi connectivity index (χ1) is 17.1. The van der Waals surface area contributed by atoms with Crippen LogP contribution in [0.3, 0.4) is 0 Å². The number of nitrogens with zero attached hydrogens (tertiary/aromatic N) is 6. The van der Waals surface area contributed by atoms with E-state index in [0.717, 1.165) is 16.9 Å². The Morgan fingerprint density at radius 3 is 2.49 bits per heavy atom. The molecule has 0 aliphatic rings. The second-order valence-electron chi connectivity index (χ2n) is 7.51. The number of ether oxygens (including phenoxy) is 2. The zero-order valence-electron chi connectivity index (χ0n) is 19.0. The molecule has 0 unspecified atom stereocenters. The molecule has 3 aromatic heterocycles. The molecule has 11 nitrogen and oxygen atoms in total. The minimum absolute atomic E-state index is 0.214. The molecule has 5 rings (SSSR count). The molecule has 1 amide bonds. The molecule has 1 N–H and O–H groups in total. The van der Waals surface area contributed by atoms with E-state index < -0.39 is 0 Å². The predicted octanol–water partition coefficient (Wildman–Crippen LogP) is 2.97. The quantitative estimate of drug-likeness (QED) is 0.339. The number of carbonyl (C=O) groups is 1. The van der Waals surface area contributed by atoms with E-state index in [-0.39, 0.29) is 12.5 Å². The Balaban J connectivity index is 1.18. The van der Waals surface area contributed by atoms with E-state index in [9.17, 15) is 4.79 Å². The highest BCUT2D eigenvalue weighted by Crippen LogP contribution is 2.22. The van der Waals surface area contributed by atoms with Crippen molar-refractivity contribution in [2.75, 3.05) is 20.3 Å². The fourth-order valence-corrected chi connectivity index (χ4v) is 3.38. The maximum atomic E-state index is 12.4. The van der Waals surface area contributed by atoms with E-state index in [2.05, 4.69) is 30.8 Å². The first-order valence-corrected chi connectivity index (χ1v) is 10.8. The molecule has 0 aliphatic heterocycles.